The first-order valence-corrected chi connectivity index (χ1v) is 9.00. The molecule has 1 saturated carbocycles. The lowest BCUT2D eigenvalue weighted by atomic mass is 10.2. The van der Waals surface area contributed by atoms with E-state index in [1.807, 2.05) is 6.92 Å². The number of aryl methyl sites for hydroxylation is 2. The smallest absolute Gasteiger partial charge is 0.244 e. The average molecular weight is 315 g/mol. The van der Waals surface area contributed by atoms with Crippen molar-refractivity contribution in [2.75, 3.05) is 6.61 Å². The summed E-state index contributed by atoms with van der Waals surface area (Å²) in [6.45, 7) is 5.98. The molecular weight excluding hydrogens is 290 g/mol. The number of sulfonamides is 1. The lowest BCUT2D eigenvalue weighted by molar-refractivity contribution is 0.276. The van der Waals surface area contributed by atoms with Crippen molar-refractivity contribution in [2.24, 2.45) is 5.92 Å². The third-order valence-corrected chi connectivity index (χ3v) is 5.69. The van der Waals surface area contributed by atoms with Gasteiger partial charge in [0.25, 0.3) is 0 Å². The van der Waals surface area contributed by atoms with Gasteiger partial charge in [0.1, 0.15) is 4.90 Å². The number of aliphatic hydroxyl groups excluding tert-OH is 1. The van der Waals surface area contributed by atoms with E-state index in [2.05, 4.69) is 9.82 Å². The topological polar surface area (TPSA) is 84.2 Å². The van der Waals surface area contributed by atoms with Gasteiger partial charge >= 0.3 is 0 Å². The Bertz CT molecular complexity index is 591. The summed E-state index contributed by atoms with van der Waals surface area (Å²) in [5.74, 6) is 0.678. The Morgan fingerprint density at radius 1 is 1.43 bits per heavy atom. The van der Waals surface area contributed by atoms with E-state index in [1.165, 1.54) is 12.8 Å². The second kappa shape index (κ2) is 6.46. The van der Waals surface area contributed by atoms with Crippen molar-refractivity contribution in [3.8, 4) is 0 Å². The molecule has 1 aromatic rings. The lowest BCUT2D eigenvalue weighted by Crippen LogP contribution is -2.33. The molecule has 1 aliphatic carbocycles. The van der Waals surface area contributed by atoms with E-state index < -0.39 is 10.0 Å². The third-order valence-electron chi connectivity index (χ3n) is 3.85. The summed E-state index contributed by atoms with van der Waals surface area (Å²) in [4.78, 5) is 0.281. The molecule has 1 aliphatic rings. The summed E-state index contributed by atoms with van der Waals surface area (Å²) in [6, 6.07) is -0.0536. The van der Waals surface area contributed by atoms with E-state index in [-0.39, 0.29) is 17.5 Å². The minimum absolute atomic E-state index is 0.0536. The van der Waals surface area contributed by atoms with Crippen molar-refractivity contribution in [2.45, 2.75) is 63.9 Å². The Morgan fingerprint density at radius 2 is 2.10 bits per heavy atom. The second-order valence-electron chi connectivity index (χ2n) is 6.00. The fourth-order valence-corrected chi connectivity index (χ4v) is 4.40. The minimum atomic E-state index is -3.54. The first-order valence-electron chi connectivity index (χ1n) is 7.52. The molecule has 0 amide bonds. The molecule has 120 valence electrons. The van der Waals surface area contributed by atoms with Crippen LogP contribution in [-0.2, 0) is 16.6 Å². The summed E-state index contributed by atoms with van der Waals surface area (Å²) in [5.41, 5.74) is 1.14. The maximum absolute atomic E-state index is 12.6. The average Bonchev–Trinajstić information content (AvgIpc) is 3.11. The van der Waals surface area contributed by atoms with Crippen LogP contribution < -0.4 is 4.72 Å². The molecule has 1 unspecified atom stereocenters. The van der Waals surface area contributed by atoms with Crippen LogP contribution in [0.3, 0.4) is 0 Å². The maximum Gasteiger partial charge on any atom is 0.244 e. The number of aliphatic hydroxyl groups is 1. The van der Waals surface area contributed by atoms with Gasteiger partial charge in [-0.05, 0) is 39.5 Å². The van der Waals surface area contributed by atoms with Gasteiger partial charge in [-0.25, -0.2) is 13.1 Å². The van der Waals surface area contributed by atoms with Gasteiger partial charge in [0, 0.05) is 19.2 Å². The number of hydrogen-bond acceptors (Lipinski definition) is 4. The van der Waals surface area contributed by atoms with Crippen LogP contribution in [0.15, 0.2) is 4.90 Å². The summed E-state index contributed by atoms with van der Waals surface area (Å²) >= 11 is 0. The van der Waals surface area contributed by atoms with Crippen LogP contribution in [-0.4, -0.2) is 36.0 Å². The van der Waals surface area contributed by atoms with Gasteiger partial charge < -0.3 is 5.11 Å². The van der Waals surface area contributed by atoms with E-state index >= 15 is 0 Å². The number of rotatable bonds is 8. The van der Waals surface area contributed by atoms with E-state index in [0.29, 0.717) is 30.3 Å². The molecule has 7 heteroatoms. The Morgan fingerprint density at radius 3 is 2.67 bits per heavy atom. The zero-order valence-corrected chi connectivity index (χ0v) is 13.8. The number of aromatic nitrogens is 2. The molecule has 1 aromatic heterocycles. The largest absolute Gasteiger partial charge is 0.396 e. The Hall–Kier alpha value is -0.920. The zero-order chi connectivity index (χ0) is 15.6. The number of nitrogens with one attached hydrogen (secondary N) is 1. The summed E-state index contributed by atoms with van der Waals surface area (Å²) in [7, 11) is -3.54. The SMILES string of the molecule is Cc1nn(CCCO)c(C)c1S(=O)(=O)NC(C)CC1CC1. The van der Waals surface area contributed by atoms with Crippen LogP contribution in [0.2, 0.25) is 0 Å². The summed E-state index contributed by atoms with van der Waals surface area (Å²) in [5, 5.41) is 13.2. The molecule has 0 spiro atoms. The van der Waals surface area contributed by atoms with Gasteiger partial charge in [0.2, 0.25) is 10.0 Å². The molecule has 1 heterocycles. The van der Waals surface area contributed by atoms with Crippen molar-refractivity contribution in [1.29, 1.82) is 0 Å². The third kappa shape index (κ3) is 4.05. The quantitative estimate of drug-likeness (QED) is 0.758. The van der Waals surface area contributed by atoms with Crippen LogP contribution in [0, 0.1) is 19.8 Å². The van der Waals surface area contributed by atoms with Crippen molar-refractivity contribution in [3.63, 3.8) is 0 Å². The molecule has 2 N–H and O–H groups in total. The highest BCUT2D eigenvalue weighted by Crippen LogP contribution is 2.33. The van der Waals surface area contributed by atoms with Gasteiger partial charge in [-0.3, -0.25) is 4.68 Å². The van der Waals surface area contributed by atoms with Crippen LogP contribution >= 0.6 is 0 Å². The number of nitrogens with zero attached hydrogens (tertiary/aromatic N) is 2. The predicted octanol–water partition coefficient (Wildman–Crippen LogP) is 1.35. The van der Waals surface area contributed by atoms with Gasteiger partial charge in [-0.15, -0.1) is 0 Å². The van der Waals surface area contributed by atoms with Crippen LogP contribution in [0.25, 0.3) is 0 Å². The monoisotopic (exact) mass is 315 g/mol. The lowest BCUT2D eigenvalue weighted by Gasteiger charge is -2.14. The van der Waals surface area contributed by atoms with Crippen molar-refractivity contribution in [1.82, 2.24) is 14.5 Å². The van der Waals surface area contributed by atoms with Gasteiger partial charge in [-0.2, -0.15) is 5.10 Å². The van der Waals surface area contributed by atoms with Gasteiger partial charge in [0.05, 0.1) is 11.4 Å². The van der Waals surface area contributed by atoms with Crippen LogP contribution in [0.1, 0.15) is 44.0 Å². The first kappa shape index (κ1) is 16.5. The molecule has 1 atom stereocenters. The molecular formula is C14H25N3O3S. The van der Waals surface area contributed by atoms with E-state index in [4.69, 9.17) is 5.11 Å². The Kier molecular flexibility index (Phi) is 5.06. The van der Waals surface area contributed by atoms with E-state index in [1.54, 1.807) is 18.5 Å². The van der Waals surface area contributed by atoms with Gasteiger partial charge in [0.15, 0.2) is 0 Å². The van der Waals surface area contributed by atoms with Gasteiger partial charge in [-0.1, -0.05) is 12.8 Å². The normalized spacial score (nSPS) is 17.1. The highest BCUT2D eigenvalue weighted by atomic mass is 32.2. The van der Waals surface area contributed by atoms with Crippen LogP contribution in [0.4, 0.5) is 0 Å². The Labute approximate surface area is 126 Å². The van der Waals surface area contributed by atoms with Crippen molar-refractivity contribution in [3.05, 3.63) is 11.4 Å². The highest BCUT2D eigenvalue weighted by molar-refractivity contribution is 7.89. The van der Waals surface area contributed by atoms with Crippen LogP contribution in [0.5, 0.6) is 0 Å². The summed E-state index contributed by atoms with van der Waals surface area (Å²) in [6.07, 6.45) is 3.88. The van der Waals surface area contributed by atoms with E-state index in [9.17, 15) is 8.42 Å². The molecule has 0 aliphatic heterocycles. The summed E-state index contributed by atoms with van der Waals surface area (Å²) < 4.78 is 29.5. The standard InChI is InChI=1S/C14H25N3O3S/c1-10(9-13-5-6-13)16-21(19,20)14-11(2)15-17(12(14)3)7-4-8-18/h10,13,16,18H,4-9H2,1-3H3. The molecule has 6 nitrogen and oxygen atoms in total. The molecule has 2 rings (SSSR count). The first-order chi connectivity index (χ1) is 9.85. The highest BCUT2D eigenvalue weighted by Gasteiger charge is 2.29. The maximum atomic E-state index is 12.6. The number of hydrogen-bond donors (Lipinski definition) is 2. The van der Waals surface area contributed by atoms with E-state index in [0.717, 1.165) is 6.42 Å². The molecule has 0 saturated heterocycles. The molecule has 21 heavy (non-hydrogen) atoms. The zero-order valence-electron chi connectivity index (χ0n) is 13.0. The molecule has 0 radical (unpaired) electrons. The molecule has 0 aromatic carbocycles. The molecule has 1 fully saturated rings. The molecule has 0 bridgehead atoms. The predicted molar refractivity (Wildman–Crippen MR) is 80.5 cm³/mol. The Balaban J connectivity index is 2.16. The van der Waals surface area contributed by atoms with Crippen molar-refractivity contribution < 1.29 is 13.5 Å². The second-order valence-corrected chi connectivity index (χ2v) is 7.65. The minimum Gasteiger partial charge on any atom is -0.396 e. The fraction of sp³-hybridized carbons (Fsp3) is 0.786. The van der Waals surface area contributed by atoms with Crippen molar-refractivity contribution >= 4 is 10.0 Å². The fourth-order valence-electron chi connectivity index (χ4n) is 2.73.